The van der Waals surface area contributed by atoms with Gasteiger partial charge in [0.15, 0.2) is 0 Å². The van der Waals surface area contributed by atoms with E-state index in [9.17, 15) is 0 Å². The first-order chi connectivity index (χ1) is 9.24. The predicted octanol–water partition coefficient (Wildman–Crippen LogP) is 2.11. The van der Waals surface area contributed by atoms with Crippen LogP contribution in [-0.2, 0) is 26.2 Å². The Morgan fingerprint density at radius 1 is 1.26 bits per heavy atom. The molecule has 1 N–H and O–H groups in total. The maximum Gasteiger partial charge on any atom is 0.0638 e. The first-order valence-electron chi connectivity index (χ1n) is 6.99. The van der Waals surface area contributed by atoms with Crippen molar-refractivity contribution in [2.24, 2.45) is 0 Å². The van der Waals surface area contributed by atoms with E-state index < -0.39 is 0 Å². The lowest BCUT2D eigenvalue weighted by Gasteiger charge is -2.06. The molecule has 2 aromatic heterocycles. The van der Waals surface area contributed by atoms with Crippen molar-refractivity contribution in [3.63, 3.8) is 0 Å². The van der Waals surface area contributed by atoms with Crippen LogP contribution in [0.15, 0.2) is 18.5 Å². The van der Waals surface area contributed by atoms with Gasteiger partial charge in [-0.2, -0.15) is 10.2 Å². The summed E-state index contributed by atoms with van der Waals surface area (Å²) in [7, 11) is 0. The van der Waals surface area contributed by atoms with Crippen molar-refractivity contribution < 1.29 is 0 Å². The van der Waals surface area contributed by atoms with Crippen molar-refractivity contribution in [1.29, 1.82) is 0 Å². The second-order valence-corrected chi connectivity index (χ2v) is 4.74. The highest BCUT2D eigenvalue weighted by Gasteiger charge is 2.05. The zero-order valence-electron chi connectivity index (χ0n) is 12.1. The molecule has 0 spiro atoms. The van der Waals surface area contributed by atoms with E-state index in [4.69, 9.17) is 0 Å². The molecule has 19 heavy (non-hydrogen) atoms. The van der Waals surface area contributed by atoms with Crippen molar-refractivity contribution in [3.05, 3.63) is 35.4 Å². The molecule has 0 radical (unpaired) electrons. The summed E-state index contributed by atoms with van der Waals surface area (Å²) in [4.78, 5) is 0. The zero-order chi connectivity index (χ0) is 13.7. The lowest BCUT2D eigenvalue weighted by Crippen LogP contribution is -2.16. The van der Waals surface area contributed by atoms with Crippen LogP contribution in [0.1, 0.15) is 37.2 Å². The monoisotopic (exact) mass is 261 g/mol. The van der Waals surface area contributed by atoms with Crippen LogP contribution in [0.4, 0.5) is 0 Å². The summed E-state index contributed by atoms with van der Waals surface area (Å²) in [5.41, 5.74) is 3.61. The van der Waals surface area contributed by atoms with E-state index in [0.717, 1.165) is 38.3 Å². The normalized spacial score (nSPS) is 11.1. The number of rotatable bonds is 7. The highest BCUT2D eigenvalue weighted by atomic mass is 15.3. The molecule has 5 heteroatoms. The van der Waals surface area contributed by atoms with Crippen LogP contribution < -0.4 is 5.32 Å². The van der Waals surface area contributed by atoms with E-state index in [1.54, 1.807) is 0 Å². The number of nitrogens with one attached hydrogen (secondary N) is 1. The molecule has 5 nitrogen and oxygen atoms in total. The number of hydrogen-bond acceptors (Lipinski definition) is 3. The second kappa shape index (κ2) is 6.52. The molecular weight excluding hydrogens is 238 g/mol. The third kappa shape index (κ3) is 3.44. The Bertz CT molecular complexity index is 512. The predicted molar refractivity (Wildman–Crippen MR) is 75.7 cm³/mol. The van der Waals surface area contributed by atoms with E-state index in [2.05, 4.69) is 48.5 Å². The summed E-state index contributed by atoms with van der Waals surface area (Å²) in [6.07, 6.45) is 5.11. The van der Waals surface area contributed by atoms with Crippen LogP contribution in [0.5, 0.6) is 0 Å². The molecule has 0 amide bonds. The molecule has 0 atom stereocenters. The van der Waals surface area contributed by atoms with Crippen LogP contribution in [0.25, 0.3) is 0 Å². The highest BCUT2D eigenvalue weighted by Crippen LogP contribution is 2.06. The third-order valence-electron chi connectivity index (χ3n) is 3.23. The third-order valence-corrected chi connectivity index (χ3v) is 3.23. The minimum absolute atomic E-state index is 0.840. The fourth-order valence-electron chi connectivity index (χ4n) is 2.20. The number of aromatic nitrogens is 4. The Kier molecular flexibility index (Phi) is 4.74. The maximum absolute atomic E-state index is 4.51. The lowest BCUT2D eigenvalue weighted by molar-refractivity contribution is 0.580. The highest BCUT2D eigenvalue weighted by molar-refractivity contribution is 5.15. The molecule has 0 saturated heterocycles. The summed E-state index contributed by atoms with van der Waals surface area (Å²) in [5, 5.41) is 12.2. The van der Waals surface area contributed by atoms with Gasteiger partial charge >= 0.3 is 0 Å². The number of nitrogens with zero attached hydrogens (tertiary/aromatic N) is 4. The number of aryl methyl sites for hydroxylation is 3. The standard InChI is InChI=1S/C14H23N5/c1-4-8-18-11-13(12(3)17-18)9-15-10-14-6-7-16-19(14)5-2/h6-7,11,15H,4-5,8-10H2,1-3H3. The summed E-state index contributed by atoms with van der Waals surface area (Å²) in [6.45, 7) is 9.94. The maximum atomic E-state index is 4.51. The van der Waals surface area contributed by atoms with Gasteiger partial charge in [0.1, 0.15) is 0 Å². The minimum Gasteiger partial charge on any atom is -0.307 e. The molecule has 104 valence electrons. The molecular formula is C14H23N5. The van der Waals surface area contributed by atoms with E-state index in [1.165, 1.54) is 11.3 Å². The zero-order valence-corrected chi connectivity index (χ0v) is 12.1. The van der Waals surface area contributed by atoms with Crippen LogP contribution in [0.2, 0.25) is 0 Å². The van der Waals surface area contributed by atoms with Crippen LogP contribution in [0, 0.1) is 6.92 Å². The van der Waals surface area contributed by atoms with Crippen molar-refractivity contribution >= 4 is 0 Å². The largest absolute Gasteiger partial charge is 0.307 e. The molecule has 0 fully saturated rings. The van der Waals surface area contributed by atoms with Gasteiger partial charge in [-0.3, -0.25) is 9.36 Å². The van der Waals surface area contributed by atoms with Crippen molar-refractivity contribution in [3.8, 4) is 0 Å². The Balaban J connectivity index is 1.88. The van der Waals surface area contributed by atoms with Gasteiger partial charge in [-0.15, -0.1) is 0 Å². The molecule has 0 aliphatic heterocycles. The van der Waals surface area contributed by atoms with Gasteiger partial charge in [-0.1, -0.05) is 6.92 Å². The summed E-state index contributed by atoms with van der Waals surface area (Å²) >= 11 is 0. The van der Waals surface area contributed by atoms with Crippen molar-refractivity contribution in [1.82, 2.24) is 24.9 Å². The van der Waals surface area contributed by atoms with Gasteiger partial charge in [0, 0.05) is 44.1 Å². The molecule has 2 aromatic rings. The van der Waals surface area contributed by atoms with Crippen LogP contribution in [0.3, 0.4) is 0 Å². The van der Waals surface area contributed by atoms with Crippen LogP contribution in [-0.4, -0.2) is 19.6 Å². The summed E-state index contributed by atoms with van der Waals surface area (Å²) in [5.74, 6) is 0. The Morgan fingerprint density at radius 2 is 2.11 bits per heavy atom. The quantitative estimate of drug-likeness (QED) is 0.830. The van der Waals surface area contributed by atoms with Crippen LogP contribution >= 0.6 is 0 Å². The molecule has 0 unspecified atom stereocenters. The van der Waals surface area contributed by atoms with Gasteiger partial charge < -0.3 is 5.32 Å². The van der Waals surface area contributed by atoms with Crippen molar-refractivity contribution in [2.75, 3.05) is 0 Å². The van der Waals surface area contributed by atoms with Gasteiger partial charge in [0.2, 0.25) is 0 Å². The first kappa shape index (κ1) is 13.8. The summed E-state index contributed by atoms with van der Waals surface area (Å²) < 4.78 is 4.04. The molecule has 0 saturated carbocycles. The molecule has 0 bridgehead atoms. The van der Waals surface area contributed by atoms with Gasteiger partial charge in [0.25, 0.3) is 0 Å². The van der Waals surface area contributed by atoms with Crippen molar-refractivity contribution in [2.45, 2.75) is 53.4 Å². The Morgan fingerprint density at radius 3 is 2.84 bits per heavy atom. The summed E-state index contributed by atoms with van der Waals surface area (Å²) in [6, 6.07) is 2.06. The van der Waals surface area contributed by atoms with Gasteiger partial charge in [0.05, 0.1) is 11.4 Å². The second-order valence-electron chi connectivity index (χ2n) is 4.74. The van der Waals surface area contributed by atoms with E-state index in [-0.39, 0.29) is 0 Å². The van der Waals surface area contributed by atoms with E-state index >= 15 is 0 Å². The minimum atomic E-state index is 0.840. The fraction of sp³-hybridized carbons (Fsp3) is 0.571. The molecule has 2 rings (SSSR count). The van der Waals surface area contributed by atoms with Gasteiger partial charge in [-0.05, 0) is 26.3 Å². The van der Waals surface area contributed by atoms with Gasteiger partial charge in [-0.25, -0.2) is 0 Å². The average molecular weight is 261 g/mol. The molecule has 0 aliphatic carbocycles. The van der Waals surface area contributed by atoms with E-state index in [0.29, 0.717) is 0 Å². The van der Waals surface area contributed by atoms with E-state index in [1.807, 2.05) is 15.6 Å². The lowest BCUT2D eigenvalue weighted by atomic mass is 10.2. The molecule has 2 heterocycles. The molecule has 0 aromatic carbocycles. The average Bonchev–Trinajstić information content (AvgIpc) is 2.97. The SMILES string of the molecule is CCCn1cc(CNCc2ccnn2CC)c(C)n1. The Labute approximate surface area is 114 Å². The fourth-order valence-corrected chi connectivity index (χ4v) is 2.20. The number of hydrogen-bond donors (Lipinski definition) is 1. The topological polar surface area (TPSA) is 47.7 Å². The molecule has 0 aliphatic rings. The Hall–Kier alpha value is -1.62. The first-order valence-corrected chi connectivity index (χ1v) is 6.99. The smallest absolute Gasteiger partial charge is 0.0638 e.